The molecule has 0 radical (unpaired) electrons. The van der Waals surface area contributed by atoms with E-state index in [0.29, 0.717) is 21.1 Å². The molecule has 0 N–H and O–H groups in total. The molecule has 2 aromatic carbocycles. The first-order chi connectivity index (χ1) is 15.0. The number of benzene rings is 2. The number of nitrogens with zero attached hydrogens (tertiary/aromatic N) is 1. The van der Waals surface area contributed by atoms with E-state index < -0.39 is 9.84 Å². The van der Waals surface area contributed by atoms with Crippen LogP contribution in [0.15, 0.2) is 58.3 Å². The highest BCUT2D eigenvalue weighted by Gasteiger charge is 2.19. The highest BCUT2D eigenvalue weighted by Crippen LogP contribution is 2.25. The van der Waals surface area contributed by atoms with Gasteiger partial charge in [-0.2, -0.15) is 0 Å². The van der Waals surface area contributed by atoms with Gasteiger partial charge in [-0.05, 0) is 92.4 Å². The van der Waals surface area contributed by atoms with Crippen LogP contribution in [0.3, 0.4) is 0 Å². The quantitative estimate of drug-likeness (QED) is 0.346. The second-order valence-electron chi connectivity index (χ2n) is 10.5. The Morgan fingerprint density at radius 3 is 2.25 bits per heavy atom. The maximum Gasteiger partial charge on any atom is 0.206 e. The smallest absolute Gasteiger partial charge is 0.206 e. The van der Waals surface area contributed by atoms with Gasteiger partial charge < -0.3 is 4.90 Å². The Balaban J connectivity index is 1.93. The monoisotopic (exact) mass is 457 g/mol. The largest absolute Gasteiger partial charge is 0.303 e. The molecule has 32 heavy (non-hydrogen) atoms. The van der Waals surface area contributed by atoms with E-state index in [-0.39, 0.29) is 0 Å². The summed E-state index contributed by atoms with van der Waals surface area (Å²) < 4.78 is 26.0. The number of rotatable bonds is 12. The van der Waals surface area contributed by atoms with Crippen LogP contribution in [0.1, 0.15) is 71.4 Å². The van der Waals surface area contributed by atoms with Crippen molar-refractivity contribution in [3.8, 4) is 0 Å². The minimum atomic E-state index is -3.46. The predicted molar refractivity (Wildman–Crippen MR) is 136 cm³/mol. The fourth-order valence-corrected chi connectivity index (χ4v) is 5.60. The van der Waals surface area contributed by atoms with E-state index in [1.165, 1.54) is 31.4 Å². The van der Waals surface area contributed by atoms with Gasteiger partial charge >= 0.3 is 0 Å². The third-order valence-corrected chi connectivity index (χ3v) is 7.77. The zero-order valence-electron chi connectivity index (χ0n) is 21.0. The van der Waals surface area contributed by atoms with Crippen molar-refractivity contribution < 1.29 is 8.42 Å². The van der Waals surface area contributed by atoms with Crippen LogP contribution in [0.25, 0.3) is 0 Å². The molecule has 4 heteroatoms. The minimum Gasteiger partial charge on any atom is -0.303 e. The van der Waals surface area contributed by atoms with Gasteiger partial charge in [0.1, 0.15) is 0 Å². The van der Waals surface area contributed by atoms with E-state index in [4.69, 9.17) is 0 Å². The fourth-order valence-electron chi connectivity index (χ4n) is 4.27. The topological polar surface area (TPSA) is 37.4 Å². The van der Waals surface area contributed by atoms with E-state index in [1.54, 1.807) is 30.3 Å². The fraction of sp³-hybridized carbons (Fsp3) is 0.571. The maximum absolute atomic E-state index is 13.0. The van der Waals surface area contributed by atoms with Crippen molar-refractivity contribution in [2.45, 2.75) is 83.4 Å². The average Bonchev–Trinajstić information content (AvgIpc) is 2.73. The van der Waals surface area contributed by atoms with Crippen molar-refractivity contribution >= 4 is 9.84 Å². The summed E-state index contributed by atoms with van der Waals surface area (Å²) in [5.74, 6) is 0.672. The van der Waals surface area contributed by atoms with Gasteiger partial charge in [0.05, 0.1) is 9.79 Å². The molecule has 0 fully saturated rings. The maximum atomic E-state index is 13.0. The van der Waals surface area contributed by atoms with Crippen molar-refractivity contribution in [3.63, 3.8) is 0 Å². The van der Waals surface area contributed by atoms with Crippen molar-refractivity contribution in [1.82, 2.24) is 4.90 Å². The lowest BCUT2D eigenvalue weighted by Gasteiger charge is -2.30. The zero-order valence-corrected chi connectivity index (χ0v) is 21.8. The van der Waals surface area contributed by atoms with Crippen molar-refractivity contribution in [1.29, 1.82) is 0 Å². The molecular formula is C28H43NO2S. The van der Waals surface area contributed by atoms with Gasteiger partial charge in [-0.15, -0.1) is 0 Å². The van der Waals surface area contributed by atoms with E-state index in [1.807, 2.05) is 18.2 Å². The summed E-state index contributed by atoms with van der Waals surface area (Å²) in [5.41, 5.74) is 2.65. The summed E-state index contributed by atoms with van der Waals surface area (Å²) >= 11 is 0. The summed E-state index contributed by atoms with van der Waals surface area (Å²) in [7, 11) is -3.46. The SMILES string of the molecule is CCCN(CCC(C)CCCc1cc(S(=O)(=O)c2ccccc2)ccc1C)CC(C)(C)C. The van der Waals surface area contributed by atoms with E-state index in [9.17, 15) is 8.42 Å². The summed E-state index contributed by atoms with van der Waals surface area (Å²) in [6.45, 7) is 17.1. The van der Waals surface area contributed by atoms with Crippen LogP contribution in [0, 0.1) is 18.3 Å². The summed E-state index contributed by atoms with van der Waals surface area (Å²) in [6.07, 6.45) is 5.60. The Hall–Kier alpha value is -1.65. The number of sulfone groups is 1. The molecule has 1 unspecified atom stereocenters. The molecule has 2 aromatic rings. The van der Waals surface area contributed by atoms with Gasteiger partial charge in [0.15, 0.2) is 0 Å². The Morgan fingerprint density at radius 1 is 0.938 bits per heavy atom. The standard InChI is InChI=1S/C28H43NO2S/c1-7-19-29(22-28(4,5)6)20-18-23(2)12-11-13-25-21-27(17-16-24(25)3)32(30,31)26-14-9-8-10-15-26/h8-10,14-17,21,23H,7,11-13,18-20,22H2,1-6H3. The molecular weight excluding hydrogens is 414 g/mol. The van der Waals surface area contributed by atoms with Crippen LogP contribution >= 0.6 is 0 Å². The normalized spacial score (nSPS) is 13.5. The van der Waals surface area contributed by atoms with Gasteiger partial charge in [0.25, 0.3) is 0 Å². The highest BCUT2D eigenvalue weighted by atomic mass is 32.2. The van der Waals surface area contributed by atoms with Crippen LogP contribution in [-0.4, -0.2) is 33.0 Å². The van der Waals surface area contributed by atoms with Crippen molar-refractivity contribution in [3.05, 3.63) is 59.7 Å². The van der Waals surface area contributed by atoms with Gasteiger partial charge in [0, 0.05) is 6.54 Å². The zero-order chi connectivity index (χ0) is 23.8. The van der Waals surface area contributed by atoms with E-state index in [0.717, 1.165) is 31.5 Å². The van der Waals surface area contributed by atoms with Crippen molar-refractivity contribution in [2.24, 2.45) is 11.3 Å². The van der Waals surface area contributed by atoms with E-state index in [2.05, 4.69) is 46.4 Å². The summed E-state index contributed by atoms with van der Waals surface area (Å²) in [4.78, 5) is 3.36. The van der Waals surface area contributed by atoms with Crippen LogP contribution in [0.4, 0.5) is 0 Å². The molecule has 0 aromatic heterocycles. The average molecular weight is 458 g/mol. The molecule has 0 spiro atoms. The number of hydrogen-bond acceptors (Lipinski definition) is 3. The molecule has 2 rings (SSSR count). The van der Waals surface area contributed by atoms with Crippen molar-refractivity contribution in [2.75, 3.05) is 19.6 Å². The molecule has 0 saturated heterocycles. The van der Waals surface area contributed by atoms with Gasteiger partial charge in [0.2, 0.25) is 9.84 Å². The van der Waals surface area contributed by atoms with Gasteiger partial charge in [-0.3, -0.25) is 0 Å². The molecule has 3 nitrogen and oxygen atoms in total. The number of hydrogen-bond donors (Lipinski definition) is 0. The molecule has 178 valence electrons. The Bertz CT molecular complexity index is 930. The molecule has 0 aliphatic carbocycles. The molecule has 0 saturated carbocycles. The second-order valence-corrected chi connectivity index (χ2v) is 12.5. The van der Waals surface area contributed by atoms with Crippen LogP contribution in [0.5, 0.6) is 0 Å². The number of aryl methyl sites for hydroxylation is 2. The lowest BCUT2D eigenvalue weighted by molar-refractivity contribution is 0.180. The third-order valence-electron chi connectivity index (χ3n) is 6.00. The van der Waals surface area contributed by atoms with Crippen LogP contribution < -0.4 is 0 Å². The molecule has 0 amide bonds. The Kier molecular flexibility index (Phi) is 9.97. The first-order valence-corrected chi connectivity index (χ1v) is 13.6. The molecule has 0 heterocycles. The lowest BCUT2D eigenvalue weighted by atomic mass is 9.94. The first kappa shape index (κ1) is 26.6. The van der Waals surface area contributed by atoms with Crippen LogP contribution in [-0.2, 0) is 16.3 Å². The first-order valence-electron chi connectivity index (χ1n) is 12.1. The predicted octanol–water partition coefficient (Wildman–Crippen LogP) is 6.93. The van der Waals surface area contributed by atoms with Gasteiger partial charge in [-0.1, -0.05) is 65.3 Å². The second kappa shape index (κ2) is 12.0. The molecule has 0 aliphatic heterocycles. The Morgan fingerprint density at radius 2 is 1.62 bits per heavy atom. The summed E-state index contributed by atoms with van der Waals surface area (Å²) in [6, 6.07) is 14.3. The van der Waals surface area contributed by atoms with Gasteiger partial charge in [-0.25, -0.2) is 8.42 Å². The third kappa shape index (κ3) is 8.37. The van der Waals surface area contributed by atoms with E-state index >= 15 is 0 Å². The van der Waals surface area contributed by atoms with Crippen LogP contribution in [0.2, 0.25) is 0 Å². The highest BCUT2D eigenvalue weighted by molar-refractivity contribution is 7.91. The lowest BCUT2D eigenvalue weighted by Crippen LogP contribution is -2.34. The molecule has 0 bridgehead atoms. The Labute approximate surface area is 197 Å². The minimum absolute atomic E-state index is 0.334. The molecule has 0 aliphatic rings. The molecule has 1 atom stereocenters. The summed E-state index contributed by atoms with van der Waals surface area (Å²) in [5, 5.41) is 0.